The first-order valence-corrected chi connectivity index (χ1v) is 9.14. The molecule has 1 aromatic heterocycles. The Morgan fingerprint density at radius 3 is 2.85 bits per heavy atom. The standard InChI is InChI=1S/C21H24N2O3/c1-14-10-16-18(12-26-14)17-11-23(20(24)13-25-2)9-8-19(17)22-21(16)15-6-4-3-5-7-15/h3-7,14H,8-13H2,1-2H3. The van der Waals surface area contributed by atoms with Crippen LogP contribution in [0, 0.1) is 0 Å². The van der Waals surface area contributed by atoms with E-state index in [1.54, 1.807) is 7.11 Å². The molecule has 1 amide bonds. The van der Waals surface area contributed by atoms with Crippen molar-refractivity contribution in [3.05, 3.63) is 52.7 Å². The van der Waals surface area contributed by atoms with Crippen LogP contribution in [0.5, 0.6) is 0 Å². The average Bonchev–Trinajstić information content (AvgIpc) is 2.67. The first-order valence-electron chi connectivity index (χ1n) is 9.14. The van der Waals surface area contributed by atoms with Gasteiger partial charge in [0.15, 0.2) is 0 Å². The number of hydrogen-bond acceptors (Lipinski definition) is 4. The molecule has 0 aliphatic carbocycles. The molecule has 0 spiro atoms. The zero-order valence-electron chi connectivity index (χ0n) is 15.3. The minimum atomic E-state index is 0.0316. The maximum Gasteiger partial charge on any atom is 0.248 e. The van der Waals surface area contributed by atoms with E-state index in [0.29, 0.717) is 19.7 Å². The van der Waals surface area contributed by atoms with Crippen LogP contribution in [0.15, 0.2) is 30.3 Å². The van der Waals surface area contributed by atoms with E-state index < -0.39 is 0 Å². The molecule has 1 atom stereocenters. The Kier molecular flexibility index (Phi) is 4.74. The molecule has 0 fully saturated rings. The molecule has 2 aliphatic rings. The van der Waals surface area contributed by atoms with E-state index in [4.69, 9.17) is 14.5 Å². The highest BCUT2D eigenvalue weighted by Gasteiger charge is 2.30. The normalized spacial score (nSPS) is 19.0. The highest BCUT2D eigenvalue weighted by atomic mass is 16.5. The summed E-state index contributed by atoms with van der Waals surface area (Å²) in [5.41, 5.74) is 6.99. The van der Waals surface area contributed by atoms with E-state index in [-0.39, 0.29) is 18.6 Å². The van der Waals surface area contributed by atoms with Crippen LogP contribution in [0.2, 0.25) is 0 Å². The third-order valence-electron chi connectivity index (χ3n) is 5.25. The number of hydrogen-bond donors (Lipinski definition) is 0. The van der Waals surface area contributed by atoms with E-state index in [1.807, 2.05) is 11.0 Å². The molecule has 5 nitrogen and oxygen atoms in total. The van der Waals surface area contributed by atoms with Crippen LogP contribution < -0.4 is 0 Å². The molecule has 0 bridgehead atoms. The summed E-state index contributed by atoms with van der Waals surface area (Å²) in [4.78, 5) is 19.2. The van der Waals surface area contributed by atoms with Crippen molar-refractivity contribution >= 4 is 5.91 Å². The van der Waals surface area contributed by atoms with Crippen molar-refractivity contribution in [3.63, 3.8) is 0 Å². The maximum atomic E-state index is 12.3. The number of ether oxygens (including phenoxy) is 2. The summed E-state index contributed by atoms with van der Waals surface area (Å²) >= 11 is 0. The molecule has 0 saturated heterocycles. The second kappa shape index (κ2) is 7.17. The number of nitrogens with zero attached hydrogens (tertiary/aromatic N) is 2. The van der Waals surface area contributed by atoms with Crippen molar-refractivity contribution in [1.82, 2.24) is 9.88 Å². The molecule has 4 rings (SSSR count). The van der Waals surface area contributed by atoms with E-state index in [1.165, 1.54) is 16.7 Å². The Hall–Kier alpha value is -2.24. The van der Waals surface area contributed by atoms with Gasteiger partial charge in [0.2, 0.25) is 5.91 Å². The van der Waals surface area contributed by atoms with Crippen molar-refractivity contribution in [3.8, 4) is 11.3 Å². The molecule has 2 aromatic rings. The Morgan fingerprint density at radius 2 is 2.08 bits per heavy atom. The third kappa shape index (κ3) is 3.13. The van der Waals surface area contributed by atoms with E-state index in [0.717, 1.165) is 29.8 Å². The Bertz CT molecular complexity index is 820. The van der Waals surface area contributed by atoms with Crippen molar-refractivity contribution in [1.29, 1.82) is 0 Å². The van der Waals surface area contributed by atoms with Crippen LogP contribution in [0.3, 0.4) is 0 Å². The van der Waals surface area contributed by atoms with Gasteiger partial charge in [0.05, 0.1) is 18.4 Å². The van der Waals surface area contributed by atoms with Gasteiger partial charge in [0.25, 0.3) is 0 Å². The summed E-state index contributed by atoms with van der Waals surface area (Å²) in [5, 5.41) is 0. The lowest BCUT2D eigenvalue weighted by molar-refractivity contribution is -0.136. The summed E-state index contributed by atoms with van der Waals surface area (Å²) in [6.07, 6.45) is 1.80. The lowest BCUT2D eigenvalue weighted by Gasteiger charge is -2.34. The molecule has 1 aromatic carbocycles. The number of pyridine rings is 1. The molecule has 0 N–H and O–H groups in total. The van der Waals surface area contributed by atoms with Gasteiger partial charge < -0.3 is 14.4 Å². The van der Waals surface area contributed by atoms with Crippen LogP contribution in [0.4, 0.5) is 0 Å². The van der Waals surface area contributed by atoms with Crippen LogP contribution in [0.1, 0.15) is 29.3 Å². The van der Waals surface area contributed by atoms with Gasteiger partial charge in [-0.05, 0) is 23.6 Å². The number of rotatable bonds is 3. The third-order valence-corrected chi connectivity index (χ3v) is 5.25. The number of carbonyl (C=O) groups is 1. The van der Waals surface area contributed by atoms with E-state index in [9.17, 15) is 4.79 Å². The van der Waals surface area contributed by atoms with E-state index in [2.05, 4.69) is 31.2 Å². The van der Waals surface area contributed by atoms with Crippen molar-refractivity contribution in [2.45, 2.75) is 39.0 Å². The van der Waals surface area contributed by atoms with Gasteiger partial charge >= 0.3 is 0 Å². The molecule has 2 aliphatic heterocycles. The monoisotopic (exact) mass is 352 g/mol. The number of methoxy groups -OCH3 is 1. The summed E-state index contributed by atoms with van der Waals surface area (Å²) in [5.74, 6) is 0.0316. The Balaban J connectivity index is 1.78. The smallest absolute Gasteiger partial charge is 0.248 e. The molecular formula is C21H24N2O3. The molecule has 1 unspecified atom stereocenters. The minimum Gasteiger partial charge on any atom is -0.375 e. The van der Waals surface area contributed by atoms with E-state index >= 15 is 0 Å². The molecular weight excluding hydrogens is 328 g/mol. The molecule has 0 saturated carbocycles. The lowest BCUT2D eigenvalue weighted by atomic mass is 9.88. The van der Waals surface area contributed by atoms with Crippen LogP contribution in [-0.4, -0.2) is 42.2 Å². The summed E-state index contributed by atoms with van der Waals surface area (Å²) in [7, 11) is 1.56. The lowest BCUT2D eigenvalue weighted by Crippen LogP contribution is -2.39. The van der Waals surface area contributed by atoms with Crippen LogP contribution in [0.25, 0.3) is 11.3 Å². The Labute approximate surface area is 153 Å². The number of carbonyl (C=O) groups excluding carboxylic acids is 1. The highest BCUT2D eigenvalue weighted by Crippen LogP contribution is 2.35. The molecule has 0 radical (unpaired) electrons. The summed E-state index contributed by atoms with van der Waals surface area (Å²) < 4.78 is 11.0. The fourth-order valence-electron chi connectivity index (χ4n) is 3.90. The number of benzene rings is 1. The zero-order chi connectivity index (χ0) is 18.1. The predicted octanol–water partition coefficient (Wildman–Crippen LogP) is 2.74. The van der Waals surface area contributed by atoms with Crippen molar-refractivity contribution in [2.24, 2.45) is 0 Å². The summed E-state index contributed by atoms with van der Waals surface area (Å²) in [6.45, 7) is 4.10. The number of aromatic nitrogens is 1. The van der Waals surface area contributed by atoms with Crippen LogP contribution >= 0.6 is 0 Å². The van der Waals surface area contributed by atoms with Gasteiger partial charge in [-0.1, -0.05) is 30.3 Å². The first-order chi connectivity index (χ1) is 12.7. The van der Waals surface area contributed by atoms with Crippen molar-refractivity contribution in [2.75, 3.05) is 20.3 Å². The van der Waals surface area contributed by atoms with Gasteiger partial charge in [-0.15, -0.1) is 0 Å². The number of amides is 1. The van der Waals surface area contributed by atoms with Crippen molar-refractivity contribution < 1.29 is 14.3 Å². The molecule has 5 heteroatoms. The molecule has 3 heterocycles. The van der Waals surface area contributed by atoms with Crippen LogP contribution in [-0.2, 0) is 40.3 Å². The van der Waals surface area contributed by atoms with Gasteiger partial charge in [-0.25, -0.2) is 0 Å². The maximum absolute atomic E-state index is 12.3. The largest absolute Gasteiger partial charge is 0.375 e. The van der Waals surface area contributed by atoms with Gasteiger partial charge in [-0.3, -0.25) is 9.78 Å². The summed E-state index contributed by atoms with van der Waals surface area (Å²) in [6, 6.07) is 10.4. The quantitative estimate of drug-likeness (QED) is 0.852. The fourth-order valence-corrected chi connectivity index (χ4v) is 3.90. The first kappa shape index (κ1) is 17.2. The van der Waals surface area contributed by atoms with Gasteiger partial charge in [0.1, 0.15) is 6.61 Å². The topological polar surface area (TPSA) is 51.7 Å². The minimum absolute atomic E-state index is 0.0316. The second-order valence-electron chi connectivity index (χ2n) is 7.03. The average molecular weight is 352 g/mol. The Morgan fingerprint density at radius 1 is 1.27 bits per heavy atom. The second-order valence-corrected chi connectivity index (χ2v) is 7.03. The SMILES string of the molecule is COCC(=O)N1CCc2nc(-c3ccccc3)c3c(c2C1)COC(C)C3. The van der Waals surface area contributed by atoms with Gasteiger partial charge in [0, 0.05) is 44.3 Å². The van der Waals surface area contributed by atoms with Gasteiger partial charge in [-0.2, -0.15) is 0 Å². The molecule has 136 valence electrons. The fraction of sp³-hybridized carbons (Fsp3) is 0.429. The molecule has 26 heavy (non-hydrogen) atoms. The zero-order valence-corrected chi connectivity index (χ0v) is 15.3. The predicted molar refractivity (Wildman–Crippen MR) is 98.6 cm³/mol. The number of fused-ring (bicyclic) bond motifs is 3. The highest BCUT2D eigenvalue weighted by molar-refractivity contribution is 5.78.